The molecule has 7 heteroatoms. The molecule has 1 heterocycles. The summed E-state index contributed by atoms with van der Waals surface area (Å²) in [5, 5.41) is 3.12. The lowest BCUT2D eigenvalue weighted by Gasteiger charge is -2.11. The molecule has 1 aliphatic rings. The van der Waals surface area contributed by atoms with Crippen LogP contribution >= 0.6 is 24.0 Å². The van der Waals surface area contributed by atoms with Crippen LogP contribution < -0.4 is 15.8 Å². The van der Waals surface area contributed by atoms with Gasteiger partial charge in [0.05, 0.1) is 19.3 Å². The van der Waals surface area contributed by atoms with E-state index in [-0.39, 0.29) is 30.1 Å². The molecule has 1 aliphatic heterocycles. The van der Waals surface area contributed by atoms with Gasteiger partial charge < -0.3 is 25.4 Å². The van der Waals surface area contributed by atoms with E-state index in [0.717, 1.165) is 56.9 Å². The number of aliphatic imine (C=N–C) groups is 1. The molecule has 1 aromatic carbocycles. The van der Waals surface area contributed by atoms with Gasteiger partial charge in [0.1, 0.15) is 5.75 Å². The number of nitrogens with one attached hydrogen (secondary N) is 1. The van der Waals surface area contributed by atoms with Crippen molar-refractivity contribution < 1.29 is 9.47 Å². The maximum Gasteiger partial charge on any atom is 0.189 e. The maximum atomic E-state index is 5.89. The number of nitrogens with zero attached hydrogens (tertiary/aromatic N) is 2. The van der Waals surface area contributed by atoms with E-state index < -0.39 is 0 Å². The number of hydrogen-bond donors (Lipinski definition) is 2. The van der Waals surface area contributed by atoms with Gasteiger partial charge in [-0.2, -0.15) is 0 Å². The summed E-state index contributed by atoms with van der Waals surface area (Å²) in [4.78, 5) is 6.52. The highest BCUT2D eigenvalue weighted by Crippen LogP contribution is 2.13. The Labute approximate surface area is 168 Å². The second-order valence-electron chi connectivity index (χ2n) is 6.37. The smallest absolute Gasteiger partial charge is 0.189 e. The van der Waals surface area contributed by atoms with Gasteiger partial charge in [-0.1, -0.05) is 12.1 Å². The van der Waals surface area contributed by atoms with Crippen molar-refractivity contribution in [2.45, 2.75) is 31.9 Å². The molecule has 1 saturated heterocycles. The minimum absolute atomic E-state index is 0. The van der Waals surface area contributed by atoms with Crippen LogP contribution in [0.3, 0.4) is 0 Å². The van der Waals surface area contributed by atoms with Crippen LogP contribution in [0.4, 0.5) is 0 Å². The molecule has 0 bridgehead atoms. The molecule has 0 aliphatic carbocycles. The number of nitrogens with two attached hydrogens (primary N) is 1. The van der Waals surface area contributed by atoms with E-state index in [4.69, 9.17) is 15.2 Å². The third-order valence-corrected chi connectivity index (χ3v) is 3.91. The predicted octanol–water partition coefficient (Wildman–Crippen LogP) is 2.22. The summed E-state index contributed by atoms with van der Waals surface area (Å²) in [6.45, 7) is 3.91. The zero-order chi connectivity index (χ0) is 17.2. The van der Waals surface area contributed by atoms with Gasteiger partial charge in [0, 0.05) is 19.7 Å². The van der Waals surface area contributed by atoms with Crippen molar-refractivity contribution in [2.75, 3.05) is 40.4 Å². The highest BCUT2D eigenvalue weighted by molar-refractivity contribution is 14.0. The monoisotopic (exact) mass is 462 g/mol. The van der Waals surface area contributed by atoms with Crippen LogP contribution in [0.25, 0.3) is 0 Å². The number of halogens is 1. The van der Waals surface area contributed by atoms with Gasteiger partial charge in [-0.15, -0.1) is 24.0 Å². The topological polar surface area (TPSA) is 72.1 Å². The van der Waals surface area contributed by atoms with E-state index in [1.54, 1.807) is 0 Å². The van der Waals surface area contributed by atoms with Crippen molar-refractivity contribution in [1.82, 2.24) is 10.2 Å². The number of rotatable bonds is 9. The van der Waals surface area contributed by atoms with Gasteiger partial charge in [0.25, 0.3) is 0 Å². The largest absolute Gasteiger partial charge is 0.494 e. The Morgan fingerprint density at radius 2 is 2.12 bits per heavy atom. The van der Waals surface area contributed by atoms with E-state index in [2.05, 4.69) is 29.3 Å². The first-order valence-corrected chi connectivity index (χ1v) is 8.65. The van der Waals surface area contributed by atoms with Crippen molar-refractivity contribution in [3.05, 3.63) is 29.8 Å². The van der Waals surface area contributed by atoms with E-state index in [1.165, 1.54) is 0 Å². The molecule has 1 aromatic rings. The van der Waals surface area contributed by atoms with Crippen LogP contribution in [-0.4, -0.2) is 57.4 Å². The molecule has 0 aromatic heterocycles. The second kappa shape index (κ2) is 12.3. The molecule has 2 rings (SSSR count). The first kappa shape index (κ1) is 22.0. The average Bonchev–Trinajstić information content (AvgIpc) is 3.09. The Balaban J connectivity index is 0.00000312. The molecular weight excluding hydrogens is 431 g/mol. The van der Waals surface area contributed by atoms with Gasteiger partial charge in [0.2, 0.25) is 0 Å². The summed E-state index contributed by atoms with van der Waals surface area (Å²) in [6, 6.07) is 8.02. The van der Waals surface area contributed by atoms with Crippen molar-refractivity contribution in [1.29, 1.82) is 0 Å². The van der Waals surface area contributed by atoms with Crippen LogP contribution in [0.1, 0.15) is 24.8 Å². The molecule has 0 radical (unpaired) electrons. The van der Waals surface area contributed by atoms with E-state index in [9.17, 15) is 0 Å². The molecular formula is C18H31IN4O2. The standard InChI is InChI=1S/C18H30N4O2.HI/c1-22(2)10-4-12-23-16-8-6-15(7-9-16)13-20-18(19)21-14-17-5-3-11-24-17;/h6-9,17H,3-5,10-14H2,1-2H3,(H3,19,20,21);1H. The minimum atomic E-state index is 0. The molecule has 0 spiro atoms. The second-order valence-corrected chi connectivity index (χ2v) is 6.37. The number of ether oxygens (including phenoxy) is 2. The maximum absolute atomic E-state index is 5.89. The van der Waals surface area contributed by atoms with E-state index in [0.29, 0.717) is 12.5 Å². The van der Waals surface area contributed by atoms with Gasteiger partial charge in [0.15, 0.2) is 5.96 Å². The SMILES string of the molecule is CN(C)CCCOc1ccc(CN=C(N)NCC2CCCO2)cc1.I. The van der Waals surface area contributed by atoms with Crippen LogP contribution in [0.15, 0.2) is 29.3 Å². The van der Waals surface area contributed by atoms with Crippen LogP contribution in [0, 0.1) is 0 Å². The lowest BCUT2D eigenvalue weighted by Crippen LogP contribution is -2.37. The Hall–Kier alpha value is -1.06. The third-order valence-electron chi connectivity index (χ3n) is 3.91. The summed E-state index contributed by atoms with van der Waals surface area (Å²) in [7, 11) is 4.13. The molecule has 1 fully saturated rings. The fourth-order valence-corrected chi connectivity index (χ4v) is 2.52. The van der Waals surface area contributed by atoms with Gasteiger partial charge >= 0.3 is 0 Å². The first-order chi connectivity index (χ1) is 11.6. The third kappa shape index (κ3) is 9.27. The summed E-state index contributed by atoms with van der Waals surface area (Å²) in [5.41, 5.74) is 7.00. The zero-order valence-electron chi connectivity index (χ0n) is 15.2. The lowest BCUT2D eigenvalue weighted by atomic mass is 10.2. The van der Waals surface area contributed by atoms with Crippen LogP contribution in [-0.2, 0) is 11.3 Å². The zero-order valence-corrected chi connectivity index (χ0v) is 17.6. The van der Waals surface area contributed by atoms with E-state index >= 15 is 0 Å². The number of guanidine groups is 1. The Kier molecular flexibility index (Phi) is 10.8. The molecule has 0 saturated carbocycles. The van der Waals surface area contributed by atoms with Crippen molar-refractivity contribution in [2.24, 2.45) is 10.7 Å². The molecule has 25 heavy (non-hydrogen) atoms. The molecule has 1 atom stereocenters. The molecule has 6 nitrogen and oxygen atoms in total. The number of hydrogen-bond acceptors (Lipinski definition) is 4. The average molecular weight is 462 g/mol. The summed E-state index contributed by atoms with van der Waals surface area (Å²) >= 11 is 0. The van der Waals surface area contributed by atoms with Crippen molar-refractivity contribution in [3.63, 3.8) is 0 Å². The summed E-state index contributed by atoms with van der Waals surface area (Å²) in [5.74, 6) is 1.36. The minimum Gasteiger partial charge on any atom is -0.494 e. The molecule has 1 unspecified atom stereocenters. The summed E-state index contributed by atoms with van der Waals surface area (Å²) in [6.07, 6.45) is 3.51. The Morgan fingerprint density at radius 1 is 1.36 bits per heavy atom. The highest BCUT2D eigenvalue weighted by atomic mass is 127. The number of benzene rings is 1. The quantitative estimate of drug-likeness (QED) is 0.255. The van der Waals surface area contributed by atoms with Gasteiger partial charge in [-0.05, 0) is 51.1 Å². The Bertz CT molecular complexity index is 502. The van der Waals surface area contributed by atoms with E-state index in [1.807, 2.05) is 24.3 Å². The lowest BCUT2D eigenvalue weighted by molar-refractivity contribution is 0.114. The van der Waals surface area contributed by atoms with Crippen molar-refractivity contribution >= 4 is 29.9 Å². The normalized spacial score (nSPS) is 17.4. The Morgan fingerprint density at radius 3 is 2.76 bits per heavy atom. The fraction of sp³-hybridized carbons (Fsp3) is 0.611. The predicted molar refractivity (Wildman–Crippen MR) is 113 cm³/mol. The van der Waals surface area contributed by atoms with Gasteiger partial charge in [-0.3, -0.25) is 0 Å². The first-order valence-electron chi connectivity index (χ1n) is 8.65. The van der Waals surface area contributed by atoms with Crippen molar-refractivity contribution in [3.8, 4) is 5.75 Å². The van der Waals surface area contributed by atoms with Crippen LogP contribution in [0.5, 0.6) is 5.75 Å². The summed E-state index contributed by atoms with van der Waals surface area (Å²) < 4.78 is 11.3. The van der Waals surface area contributed by atoms with Gasteiger partial charge in [-0.25, -0.2) is 4.99 Å². The fourth-order valence-electron chi connectivity index (χ4n) is 2.52. The highest BCUT2D eigenvalue weighted by Gasteiger charge is 2.14. The van der Waals surface area contributed by atoms with Crippen LogP contribution in [0.2, 0.25) is 0 Å². The molecule has 3 N–H and O–H groups in total. The molecule has 0 amide bonds. The molecule has 142 valence electrons.